The lowest BCUT2D eigenvalue weighted by molar-refractivity contribution is 0.149. The number of aromatic nitrogens is 4. The van der Waals surface area contributed by atoms with Crippen LogP contribution in [-0.4, -0.2) is 66.0 Å². The predicted octanol–water partition coefficient (Wildman–Crippen LogP) is 3.74. The fourth-order valence-corrected chi connectivity index (χ4v) is 6.43. The number of halogens is 4. The van der Waals surface area contributed by atoms with Gasteiger partial charge in [0, 0.05) is 53.2 Å². The van der Waals surface area contributed by atoms with Crippen LogP contribution in [0.1, 0.15) is 30.4 Å². The van der Waals surface area contributed by atoms with E-state index in [2.05, 4.69) is 20.3 Å². The molecule has 4 aromatic rings. The number of anilines is 1. The number of fused-ring (bicyclic) bond motifs is 1. The van der Waals surface area contributed by atoms with Crippen molar-refractivity contribution >= 4 is 46.7 Å². The number of hydrogen-bond acceptors (Lipinski definition) is 9. The van der Waals surface area contributed by atoms with Gasteiger partial charge in [-0.25, -0.2) is 39.3 Å². The van der Waals surface area contributed by atoms with Crippen LogP contribution in [-0.2, 0) is 25.6 Å². The number of sulfonamides is 1. The van der Waals surface area contributed by atoms with Gasteiger partial charge in [0.15, 0.2) is 0 Å². The fourth-order valence-electron chi connectivity index (χ4n) is 4.78. The van der Waals surface area contributed by atoms with Gasteiger partial charge in [0.25, 0.3) is 21.0 Å². The van der Waals surface area contributed by atoms with Gasteiger partial charge in [0.1, 0.15) is 11.5 Å². The highest BCUT2D eigenvalue weighted by Crippen LogP contribution is 2.27. The van der Waals surface area contributed by atoms with E-state index in [4.69, 9.17) is 10.7 Å². The monoisotopic (exact) mass is 656 g/mol. The molecular formula is C26H24ClF3N6O5S2. The summed E-state index contributed by atoms with van der Waals surface area (Å²) in [6, 6.07) is 6.78. The van der Waals surface area contributed by atoms with Crippen LogP contribution in [0.5, 0.6) is 0 Å². The average Bonchev–Trinajstić information content (AvgIpc) is 2.94. The maximum atomic E-state index is 14.5. The molecule has 17 heteroatoms. The van der Waals surface area contributed by atoms with Crippen LogP contribution in [0.2, 0.25) is 0 Å². The summed E-state index contributed by atoms with van der Waals surface area (Å²) in [6.07, 6.45) is 1.69. The summed E-state index contributed by atoms with van der Waals surface area (Å²) >= 11 is 0. The third kappa shape index (κ3) is 6.82. The molecule has 1 aromatic carbocycles. The third-order valence-electron chi connectivity index (χ3n) is 7.01. The van der Waals surface area contributed by atoms with Crippen molar-refractivity contribution in [1.29, 1.82) is 0 Å². The fraction of sp³-hybridized carbons (Fsp3) is 0.308. The number of rotatable bonds is 8. The second-order valence-corrected chi connectivity index (χ2v) is 14.5. The normalized spacial score (nSPS) is 15.3. The maximum Gasteiger partial charge on any atom is 0.269 e. The first-order valence-electron chi connectivity index (χ1n) is 12.8. The molecule has 0 unspecified atom stereocenters. The first-order chi connectivity index (χ1) is 20.2. The lowest BCUT2D eigenvalue weighted by Gasteiger charge is -2.30. The van der Waals surface area contributed by atoms with Crippen LogP contribution in [0.25, 0.3) is 22.3 Å². The molecule has 228 valence electrons. The van der Waals surface area contributed by atoms with E-state index in [9.17, 15) is 34.8 Å². The van der Waals surface area contributed by atoms with Crippen LogP contribution in [0.3, 0.4) is 0 Å². The first-order valence-corrected chi connectivity index (χ1v) is 17.0. The van der Waals surface area contributed by atoms with Crippen LogP contribution in [0, 0.1) is 5.82 Å². The van der Waals surface area contributed by atoms with Crippen LogP contribution in [0.4, 0.5) is 19.1 Å². The minimum absolute atomic E-state index is 0.0793. The molecule has 0 bridgehead atoms. The van der Waals surface area contributed by atoms with E-state index >= 15 is 0 Å². The Hall–Kier alpha value is -3.60. The number of hydrogen-bond donors (Lipinski definition) is 1. The molecule has 0 atom stereocenters. The summed E-state index contributed by atoms with van der Waals surface area (Å²) in [5.74, 6) is -0.601. The zero-order valence-electron chi connectivity index (χ0n) is 22.4. The molecule has 1 fully saturated rings. The lowest BCUT2D eigenvalue weighted by atomic mass is 10.1. The average molecular weight is 657 g/mol. The van der Waals surface area contributed by atoms with E-state index in [0.29, 0.717) is 31.5 Å². The van der Waals surface area contributed by atoms with E-state index in [1.807, 2.05) is 0 Å². The molecule has 4 heterocycles. The summed E-state index contributed by atoms with van der Waals surface area (Å²) in [7, 11) is -2.06. The van der Waals surface area contributed by atoms with Crippen molar-refractivity contribution in [1.82, 2.24) is 23.8 Å². The molecular weight excluding hydrogens is 633 g/mol. The Kier molecular flexibility index (Phi) is 8.48. The number of pyridine rings is 2. The van der Waals surface area contributed by atoms with Crippen molar-refractivity contribution in [3.63, 3.8) is 0 Å². The standard InChI is InChI=1S/C26H24ClF3N6O5S2/c1-42(38,39)35-8-6-17(7-9-35)33-26-32-13-16-10-20(23(29)30)25(37)36(24(16)34-26)14-15-2-5-22(31-12-15)19-11-18(43(27,40)41)3-4-21(19)28/h2-5,10-13,17,23H,6-9,14H2,1H3,(H,32,33,34). The van der Waals surface area contributed by atoms with Crippen LogP contribution < -0.4 is 10.9 Å². The highest BCUT2D eigenvalue weighted by molar-refractivity contribution is 8.13. The van der Waals surface area contributed by atoms with Crippen molar-refractivity contribution in [2.45, 2.75) is 36.7 Å². The predicted molar refractivity (Wildman–Crippen MR) is 154 cm³/mol. The molecule has 0 saturated carbocycles. The van der Waals surface area contributed by atoms with Crippen molar-refractivity contribution in [3.05, 3.63) is 76.1 Å². The number of nitrogens with zero attached hydrogens (tertiary/aromatic N) is 5. The van der Waals surface area contributed by atoms with Crippen molar-refractivity contribution < 1.29 is 30.0 Å². The topological polar surface area (TPSA) is 144 Å². The molecule has 0 radical (unpaired) electrons. The van der Waals surface area contributed by atoms with Gasteiger partial charge in [0.05, 0.1) is 29.0 Å². The van der Waals surface area contributed by atoms with Gasteiger partial charge in [-0.05, 0) is 48.7 Å². The Bertz CT molecular complexity index is 1970. The summed E-state index contributed by atoms with van der Waals surface area (Å²) in [5, 5.41) is 3.32. The van der Waals surface area contributed by atoms with Crippen LogP contribution in [0.15, 0.2) is 58.5 Å². The SMILES string of the molecule is CS(=O)(=O)N1CCC(Nc2ncc3cc(C(F)F)c(=O)n(Cc4ccc(-c5cc(S(=O)(=O)Cl)ccc5F)nc4)c3n2)CC1. The number of alkyl halides is 2. The van der Waals surface area contributed by atoms with Gasteiger partial charge >= 0.3 is 0 Å². The number of piperidine rings is 1. The van der Waals surface area contributed by atoms with E-state index < -0.39 is 42.4 Å². The zero-order chi connectivity index (χ0) is 31.1. The number of benzene rings is 1. The van der Waals surface area contributed by atoms with Gasteiger partial charge < -0.3 is 5.32 Å². The summed E-state index contributed by atoms with van der Waals surface area (Å²) < 4.78 is 91.4. The highest BCUT2D eigenvalue weighted by atomic mass is 35.7. The van der Waals surface area contributed by atoms with Gasteiger partial charge in [0.2, 0.25) is 16.0 Å². The van der Waals surface area contributed by atoms with Crippen LogP contribution >= 0.6 is 10.7 Å². The lowest BCUT2D eigenvalue weighted by Crippen LogP contribution is -2.42. The van der Waals surface area contributed by atoms with Gasteiger partial charge in [-0.2, -0.15) is 4.98 Å². The third-order valence-corrected chi connectivity index (χ3v) is 9.66. The van der Waals surface area contributed by atoms with E-state index in [0.717, 1.165) is 35.1 Å². The Balaban J connectivity index is 1.46. The largest absolute Gasteiger partial charge is 0.351 e. The molecule has 1 N–H and O–H groups in total. The number of nitrogens with one attached hydrogen (secondary N) is 1. The Morgan fingerprint density at radius 1 is 1.05 bits per heavy atom. The highest BCUT2D eigenvalue weighted by Gasteiger charge is 2.26. The zero-order valence-corrected chi connectivity index (χ0v) is 24.8. The summed E-state index contributed by atoms with van der Waals surface area (Å²) in [6.45, 7) is 0.405. The van der Waals surface area contributed by atoms with Crippen molar-refractivity contribution in [2.24, 2.45) is 0 Å². The summed E-state index contributed by atoms with van der Waals surface area (Å²) in [4.78, 5) is 25.6. The molecule has 1 aliphatic rings. The van der Waals surface area contributed by atoms with Gasteiger partial charge in [-0.1, -0.05) is 6.07 Å². The molecule has 5 rings (SSSR count). The summed E-state index contributed by atoms with van der Waals surface area (Å²) in [5.41, 5.74) is -1.28. The second-order valence-electron chi connectivity index (χ2n) is 9.98. The molecule has 1 aliphatic heterocycles. The molecule has 0 aliphatic carbocycles. The Labute approximate surface area is 248 Å². The molecule has 11 nitrogen and oxygen atoms in total. The molecule has 0 amide bonds. The molecule has 43 heavy (non-hydrogen) atoms. The second kappa shape index (κ2) is 11.8. The van der Waals surface area contributed by atoms with E-state index in [1.165, 1.54) is 28.8 Å². The minimum atomic E-state index is -4.12. The van der Waals surface area contributed by atoms with Gasteiger partial charge in [-0.3, -0.25) is 14.3 Å². The quantitative estimate of drug-likeness (QED) is 0.281. The smallest absolute Gasteiger partial charge is 0.269 e. The minimum Gasteiger partial charge on any atom is -0.351 e. The first kappa shape index (κ1) is 30.8. The van der Waals surface area contributed by atoms with Crippen molar-refractivity contribution in [2.75, 3.05) is 24.7 Å². The maximum absolute atomic E-state index is 14.5. The Morgan fingerprint density at radius 3 is 2.37 bits per heavy atom. The molecule has 3 aromatic heterocycles. The van der Waals surface area contributed by atoms with E-state index in [1.54, 1.807) is 0 Å². The van der Waals surface area contributed by atoms with Gasteiger partial charge in [-0.15, -0.1) is 0 Å². The molecule has 1 saturated heterocycles. The van der Waals surface area contributed by atoms with E-state index in [-0.39, 0.29) is 45.7 Å². The molecule has 0 spiro atoms. The Morgan fingerprint density at radius 2 is 1.77 bits per heavy atom. The van der Waals surface area contributed by atoms with Crippen molar-refractivity contribution in [3.8, 4) is 11.3 Å².